The summed E-state index contributed by atoms with van der Waals surface area (Å²) in [6.45, 7) is 0. The fourth-order valence-electron chi connectivity index (χ4n) is 2.95. The number of rotatable bonds is 3. The zero-order valence-corrected chi connectivity index (χ0v) is 9.21. The van der Waals surface area contributed by atoms with Gasteiger partial charge >= 0.3 is 0 Å². The van der Waals surface area contributed by atoms with Gasteiger partial charge in [0, 0.05) is 0 Å². The Balaban J connectivity index is 1.84. The van der Waals surface area contributed by atoms with Crippen LogP contribution in [0.2, 0.25) is 0 Å². The highest BCUT2D eigenvalue weighted by molar-refractivity contribution is 5.46. The predicted molar refractivity (Wildman–Crippen MR) is 62.4 cm³/mol. The van der Waals surface area contributed by atoms with Gasteiger partial charge in [-0.15, -0.1) is 0 Å². The van der Waals surface area contributed by atoms with Crippen LogP contribution in [0.25, 0.3) is 0 Å². The molecule has 3 aliphatic rings. The second-order valence-electron chi connectivity index (χ2n) is 5.67. The van der Waals surface area contributed by atoms with Crippen LogP contribution in [0.4, 0.5) is 0 Å². The third kappa shape index (κ3) is 1.42. The Morgan fingerprint density at radius 3 is 1.53 bits per heavy atom. The molecule has 0 atom stereocenters. The van der Waals surface area contributed by atoms with Gasteiger partial charge in [0.15, 0.2) is 0 Å². The van der Waals surface area contributed by atoms with Crippen molar-refractivity contribution in [2.45, 2.75) is 56.3 Å². The summed E-state index contributed by atoms with van der Waals surface area (Å²) in [4.78, 5) is 0. The fraction of sp³-hybridized carbons (Fsp3) is 0.600. The van der Waals surface area contributed by atoms with Crippen molar-refractivity contribution in [1.29, 1.82) is 0 Å². The zero-order chi connectivity index (χ0) is 9.83. The Morgan fingerprint density at radius 1 is 0.667 bits per heavy atom. The van der Waals surface area contributed by atoms with Crippen LogP contribution in [0.3, 0.4) is 0 Å². The van der Waals surface area contributed by atoms with Gasteiger partial charge in [-0.3, -0.25) is 0 Å². The molecule has 3 fully saturated rings. The molecule has 1 aromatic rings. The highest BCUT2D eigenvalue weighted by Gasteiger charge is 2.37. The summed E-state index contributed by atoms with van der Waals surface area (Å²) >= 11 is 0. The number of hydrogen-bond acceptors (Lipinski definition) is 0. The smallest absolute Gasteiger partial charge is 0.0156 e. The van der Waals surface area contributed by atoms with E-state index in [1.54, 1.807) is 11.1 Å². The molecular formula is C15H18. The highest BCUT2D eigenvalue weighted by atomic mass is 14.4. The predicted octanol–water partition coefficient (Wildman–Crippen LogP) is 4.32. The molecular weight excluding hydrogens is 180 g/mol. The minimum absolute atomic E-state index is 0.944. The summed E-state index contributed by atoms with van der Waals surface area (Å²) in [6, 6.07) is 7.14. The number of hydrogen-bond donors (Lipinski definition) is 0. The van der Waals surface area contributed by atoms with Crippen LogP contribution in [0.5, 0.6) is 0 Å². The van der Waals surface area contributed by atoms with Gasteiger partial charge in [0.1, 0.15) is 0 Å². The molecule has 0 heterocycles. The van der Waals surface area contributed by atoms with Crippen molar-refractivity contribution >= 4 is 0 Å². The summed E-state index contributed by atoms with van der Waals surface area (Å²) in [5, 5.41) is 0. The van der Waals surface area contributed by atoms with E-state index in [4.69, 9.17) is 0 Å². The van der Waals surface area contributed by atoms with Crippen LogP contribution >= 0.6 is 0 Å². The van der Waals surface area contributed by atoms with E-state index in [0.29, 0.717) is 0 Å². The minimum Gasteiger partial charge on any atom is -0.0617 e. The second-order valence-corrected chi connectivity index (χ2v) is 5.67. The molecule has 0 aliphatic heterocycles. The lowest BCUT2D eigenvalue weighted by atomic mass is 9.92. The topological polar surface area (TPSA) is 0 Å². The van der Waals surface area contributed by atoms with Crippen molar-refractivity contribution in [3.05, 3.63) is 34.9 Å². The first-order valence-electron chi connectivity index (χ1n) is 6.56. The maximum absolute atomic E-state index is 2.41. The molecule has 0 N–H and O–H groups in total. The minimum atomic E-state index is 0.944. The van der Waals surface area contributed by atoms with Crippen molar-refractivity contribution in [3.63, 3.8) is 0 Å². The van der Waals surface area contributed by atoms with Gasteiger partial charge in [-0.05, 0) is 73.0 Å². The Bertz CT molecular complexity index is 362. The van der Waals surface area contributed by atoms with Gasteiger partial charge in [0.05, 0.1) is 0 Å². The molecule has 1 aromatic carbocycles. The largest absolute Gasteiger partial charge is 0.0617 e. The lowest BCUT2D eigenvalue weighted by Gasteiger charge is -2.13. The lowest BCUT2D eigenvalue weighted by Crippen LogP contribution is -1.96. The summed E-state index contributed by atoms with van der Waals surface area (Å²) in [6.07, 6.45) is 8.73. The van der Waals surface area contributed by atoms with Crippen molar-refractivity contribution in [3.8, 4) is 0 Å². The SMILES string of the molecule is c1cc(C2CC2)c(C2CC2)c(C2CC2)c1. The van der Waals surface area contributed by atoms with E-state index in [0.717, 1.165) is 17.8 Å². The second kappa shape index (κ2) is 2.87. The van der Waals surface area contributed by atoms with E-state index in [1.165, 1.54) is 38.5 Å². The van der Waals surface area contributed by atoms with Crippen molar-refractivity contribution in [2.75, 3.05) is 0 Å². The molecule has 0 bridgehead atoms. The first kappa shape index (κ1) is 8.38. The quantitative estimate of drug-likeness (QED) is 0.678. The van der Waals surface area contributed by atoms with Crippen LogP contribution in [-0.2, 0) is 0 Å². The maximum atomic E-state index is 2.41. The molecule has 0 aromatic heterocycles. The number of benzene rings is 1. The molecule has 0 spiro atoms. The van der Waals surface area contributed by atoms with Gasteiger partial charge in [-0.2, -0.15) is 0 Å². The Hall–Kier alpha value is -0.780. The monoisotopic (exact) mass is 198 g/mol. The molecule has 3 aliphatic carbocycles. The van der Waals surface area contributed by atoms with Gasteiger partial charge < -0.3 is 0 Å². The normalized spacial score (nSPS) is 25.6. The first-order valence-corrected chi connectivity index (χ1v) is 6.56. The van der Waals surface area contributed by atoms with Gasteiger partial charge in [0.2, 0.25) is 0 Å². The molecule has 0 unspecified atom stereocenters. The van der Waals surface area contributed by atoms with Crippen molar-refractivity contribution in [1.82, 2.24) is 0 Å². The van der Waals surface area contributed by atoms with Crippen molar-refractivity contribution < 1.29 is 0 Å². The van der Waals surface area contributed by atoms with E-state index in [1.807, 2.05) is 5.56 Å². The molecule has 4 rings (SSSR count). The van der Waals surface area contributed by atoms with Crippen molar-refractivity contribution in [2.24, 2.45) is 0 Å². The van der Waals surface area contributed by atoms with Crippen LogP contribution in [0, 0.1) is 0 Å². The standard InChI is InChI=1S/C15H18/c1-2-13(10-4-5-10)15(12-8-9-12)14(3-1)11-6-7-11/h1-3,10-12H,4-9H2. The molecule has 0 heteroatoms. The van der Waals surface area contributed by atoms with Gasteiger partial charge in [0.25, 0.3) is 0 Å². The fourth-order valence-corrected chi connectivity index (χ4v) is 2.95. The lowest BCUT2D eigenvalue weighted by molar-refractivity contribution is 0.961. The van der Waals surface area contributed by atoms with Gasteiger partial charge in [-0.1, -0.05) is 18.2 Å². The zero-order valence-electron chi connectivity index (χ0n) is 9.21. The molecule has 78 valence electrons. The molecule has 3 saturated carbocycles. The average Bonchev–Trinajstić information content (AvgIpc) is 3.19. The summed E-state index contributed by atoms with van der Waals surface area (Å²) in [7, 11) is 0. The summed E-state index contributed by atoms with van der Waals surface area (Å²) in [5.74, 6) is 2.84. The molecule has 0 amide bonds. The van der Waals surface area contributed by atoms with E-state index < -0.39 is 0 Å². The third-order valence-corrected chi connectivity index (χ3v) is 4.19. The molecule has 0 saturated heterocycles. The molecule has 0 radical (unpaired) electrons. The van der Waals surface area contributed by atoms with E-state index >= 15 is 0 Å². The Labute approximate surface area is 91.7 Å². The highest BCUT2D eigenvalue weighted by Crippen LogP contribution is 2.54. The van der Waals surface area contributed by atoms with E-state index in [-0.39, 0.29) is 0 Å². The Kier molecular flexibility index (Phi) is 1.60. The first-order chi connectivity index (χ1) is 7.43. The Morgan fingerprint density at radius 2 is 1.13 bits per heavy atom. The molecule has 0 nitrogen and oxygen atoms in total. The van der Waals surface area contributed by atoms with Crippen LogP contribution in [-0.4, -0.2) is 0 Å². The summed E-state index contributed by atoms with van der Waals surface area (Å²) < 4.78 is 0. The van der Waals surface area contributed by atoms with Gasteiger partial charge in [-0.25, -0.2) is 0 Å². The third-order valence-electron chi connectivity index (χ3n) is 4.19. The average molecular weight is 198 g/mol. The molecule has 15 heavy (non-hydrogen) atoms. The summed E-state index contributed by atoms with van der Waals surface area (Å²) in [5.41, 5.74) is 5.28. The van der Waals surface area contributed by atoms with E-state index in [2.05, 4.69) is 18.2 Å². The van der Waals surface area contributed by atoms with Crippen LogP contribution < -0.4 is 0 Å². The maximum Gasteiger partial charge on any atom is -0.0156 e. The van der Waals surface area contributed by atoms with Crippen LogP contribution in [0.1, 0.15) is 73.0 Å². The van der Waals surface area contributed by atoms with Crippen LogP contribution in [0.15, 0.2) is 18.2 Å². The van der Waals surface area contributed by atoms with E-state index in [9.17, 15) is 0 Å².